The average molecular weight is 463 g/mol. The monoisotopic (exact) mass is 462 g/mol. The number of carbonyl (C=O) groups is 2. The first-order valence-electron chi connectivity index (χ1n) is 11.6. The van der Waals surface area contributed by atoms with Gasteiger partial charge in [0.25, 0.3) is 5.91 Å². The van der Waals surface area contributed by atoms with Crippen molar-refractivity contribution in [1.82, 2.24) is 9.80 Å². The van der Waals surface area contributed by atoms with Crippen LogP contribution in [-0.4, -0.2) is 72.6 Å². The largest absolute Gasteiger partial charge is 0.503 e. The lowest BCUT2D eigenvalue weighted by atomic mass is 9.95. The first kappa shape index (κ1) is 23.7. The Bertz CT molecular complexity index is 1070. The Labute approximate surface area is 199 Å². The third kappa shape index (κ3) is 5.38. The van der Waals surface area contributed by atoms with Crippen LogP contribution in [-0.2, 0) is 14.3 Å². The number of benzene rings is 2. The smallest absolute Gasteiger partial charge is 0.290 e. The fourth-order valence-electron chi connectivity index (χ4n) is 4.32. The van der Waals surface area contributed by atoms with Crippen LogP contribution in [0.25, 0.3) is 6.08 Å². The lowest BCUT2D eigenvalue weighted by Crippen LogP contribution is -2.43. The summed E-state index contributed by atoms with van der Waals surface area (Å²) in [6.45, 7) is 6.30. The summed E-state index contributed by atoms with van der Waals surface area (Å²) in [6.07, 6.45) is 3.11. The Balaban J connectivity index is 1.64. The van der Waals surface area contributed by atoms with Crippen LogP contribution in [0.3, 0.4) is 0 Å². The summed E-state index contributed by atoms with van der Waals surface area (Å²) in [7, 11) is 0. The zero-order chi connectivity index (χ0) is 23.9. The molecular weight excluding hydrogens is 432 g/mol. The van der Waals surface area contributed by atoms with E-state index in [9.17, 15) is 14.7 Å². The number of ether oxygens (including phenoxy) is 2. The zero-order valence-electron chi connectivity index (χ0n) is 19.4. The third-order valence-electron chi connectivity index (χ3n) is 6.04. The van der Waals surface area contributed by atoms with Crippen LogP contribution in [0.5, 0.6) is 5.75 Å². The van der Waals surface area contributed by atoms with Crippen LogP contribution >= 0.6 is 0 Å². The first-order chi connectivity index (χ1) is 16.6. The van der Waals surface area contributed by atoms with Crippen LogP contribution in [0.2, 0.25) is 0 Å². The van der Waals surface area contributed by atoms with E-state index in [0.29, 0.717) is 38.7 Å². The van der Waals surface area contributed by atoms with E-state index in [1.807, 2.05) is 61.5 Å². The fourth-order valence-corrected chi connectivity index (χ4v) is 4.32. The Kier molecular flexibility index (Phi) is 7.77. The van der Waals surface area contributed by atoms with E-state index < -0.39 is 23.5 Å². The molecule has 1 atom stereocenters. The zero-order valence-corrected chi connectivity index (χ0v) is 19.4. The molecule has 2 aliphatic heterocycles. The van der Waals surface area contributed by atoms with Crippen molar-refractivity contribution in [2.75, 3.05) is 46.0 Å². The van der Waals surface area contributed by atoms with Crippen molar-refractivity contribution in [3.63, 3.8) is 0 Å². The maximum atomic E-state index is 13.3. The van der Waals surface area contributed by atoms with Crippen LogP contribution in [0.15, 0.2) is 72.0 Å². The number of aliphatic hydroxyl groups is 1. The molecular formula is C27H30N2O5. The van der Waals surface area contributed by atoms with E-state index in [-0.39, 0.29) is 5.57 Å². The van der Waals surface area contributed by atoms with Crippen molar-refractivity contribution >= 4 is 17.8 Å². The van der Waals surface area contributed by atoms with Gasteiger partial charge < -0.3 is 19.5 Å². The van der Waals surface area contributed by atoms with Gasteiger partial charge in [0.2, 0.25) is 0 Å². The molecule has 34 heavy (non-hydrogen) atoms. The summed E-state index contributed by atoms with van der Waals surface area (Å²) in [5.41, 5.74) is 1.67. The molecule has 0 aliphatic carbocycles. The SMILES string of the molecule is CCOc1cccc(C2C(C(=O)/C=C/c3ccccc3)=C(O)C(=O)N2CCN2CCOCC2)c1. The van der Waals surface area contributed by atoms with Gasteiger partial charge >= 0.3 is 0 Å². The molecule has 1 amide bonds. The predicted molar refractivity (Wildman–Crippen MR) is 129 cm³/mol. The van der Waals surface area contributed by atoms with Crippen molar-refractivity contribution in [2.45, 2.75) is 13.0 Å². The Morgan fingerprint density at radius 1 is 1.12 bits per heavy atom. The van der Waals surface area contributed by atoms with E-state index in [1.165, 1.54) is 6.08 Å². The minimum absolute atomic E-state index is 0.0906. The van der Waals surface area contributed by atoms with Crippen molar-refractivity contribution in [1.29, 1.82) is 0 Å². The molecule has 1 N–H and O–H groups in total. The second kappa shape index (κ2) is 11.1. The Morgan fingerprint density at radius 2 is 1.88 bits per heavy atom. The lowest BCUT2D eigenvalue weighted by Gasteiger charge is -2.31. The number of aliphatic hydroxyl groups excluding tert-OH is 1. The number of hydrogen-bond acceptors (Lipinski definition) is 6. The highest BCUT2D eigenvalue weighted by atomic mass is 16.5. The van der Waals surface area contributed by atoms with Gasteiger partial charge in [0, 0.05) is 26.2 Å². The standard InChI is InChI=1S/C27H30N2O5/c1-2-34-22-10-6-9-21(19-22)25-24(23(30)12-11-20-7-4-3-5-8-20)26(31)27(32)29(25)14-13-28-15-17-33-18-16-28/h3-12,19,25,31H,2,13-18H2,1H3/b12-11+. The first-order valence-corrected chi connectivity index (χ1v) is 11.6. The van der Waals surface area contributed by atoms with Gasteiger partial charge in [-0.1, -0.05) is 48.5 Å². The minimum Gasteiger partial charge on any atom is -0.503 e. The molecule has 178 valence electrons. The molecule has 1 fully saturated rings. The van der Waals surface area contributed by atoms with Crippen LogP contribution in [0.1, 0.15) is 24.1 Å². The number of nitrogens with zero attached hydrogens (tertiary/aromatic N) is 2. The summed E-state index contributed by atoms with van der Waals surface area (Å²) in [4.78, 5) is 30.2. The van der Waals surface area contributed by atoms with Gasteiger partial charge in [-0.25, -0.2) is 0 Å². The van der Waals surface area contributed by atoms with E-state index >= 15 is 0 Å². The highest BCUT2D eigenvalue weighted by Crippen LogP contribution is 2.39. The fraction of sp³-hybridized carbons (Fsp3) is 0.333. The van der Waals surface area contributed by atoms with Gasteiger partial charge in [0.05, 0.1) is 31.4 Å². The van der Waals surface area contributed by atoms with Crippen LogP contribution in [0.4, 0.5) is 0 Å². The summed E-state index contributed by atoms with van der Waals surface area (Å²) in [5, 5.41) is 10.8. The highest BCUT2D eigenvalue weighted by Gasteiger charge is 2.43. The maximum Gasteiger partial charge on any atom is 0.290 e. The van der Waals surface area contributed by atoms with E-state index in [0.717, 1.165) is 24.2 Å². The quantitative estimate of drug-likeness (QED) is 0.576. The summed E-state index contributed by atoms with van der Waals surface area (Å²) in [5.74, 6) is -0.762. The topological polar surface area (TPSA) is 79.3 Å². The molecule has 0 bridgehead atoms. The van der Waals surface area contributed by atoms with Crippen molar-refractivity contribution in [3.05, 3.63) is 83.1 Å². The summed E-state index contributed by atoms with van der Waals surface area (Å²) >= 11 is 0. The molecule has 0 aromatic heterocycles. The maximum absolute atomic E-state index is 13.3. The van der Waals surface area contributed by atoms with Crippen molar-refractivity contribution in [3.8, 4) is 5.75 Å². The third-order valence-corrected chi connectivity index (χ3v) is 6.04. The predicted octanol–water partition coefficient (Wildman–Crippen LogP) is 3.40. The molecule has 0 saturated carbocycles. The second-order valence-corrected chi connectivity index (χ2v) is 8.23. The van der Waals surface area contributed by atoms with Gasteiger partial charge in [-0.3, -0.25) is 14.5 Å². The molecule has 1 saturated heterocycles. The molecule has 7 heteroatoms. The van der Waals surface area contributed by atoms with Gasteiger partial charge in [0.15, 0.2) is 11.5 Å². The van der Waals surface area contributed by atoms with Gasteiger partial charge in [-0.05, 0) is 36.3 Å². The van der Waals surface area contributed by atoms with Crippen LogP contribution < -0.4 is 4.74 Å². The molecule has 2 aromatic carbocycles. The second-order valence-electron chi connectivity index (χ2n) is 8.23. The molecule has 2 aromatic rings. The number of rotatable bonds is 9. The number of ketones is 1. The van der Waals surface area contributed by atoms with Crippen LogP contribution in [0, 0.1) is 0 Å². The summed E-state index contributed by atoms with van der Waals surface area (Å²) < 4.78 is 11.1. The summed E-state index contributed by atoms with van der Waals surface area (Å²) in [6, 6.07) is 16.1. The van der Waals surface area contributed by atoms with E-state index in [1.54, 1.807) is 11.0 Å². The molecule has 0 radical (unpaired) electrons. The highest BCUT2D eigenvalue weighted by molar-refractivity contribution is 6.14. The molecule has 4 rings (SSSR count). The number of allylic oxidation sites excluding steroid dienone is 1. The molecule has 0 spiro atoms. The van der Waals surface area contributed by atoms with Gasteiger partial charge in [-0.2, -0.15) is 0 Å². The minimum atomic E-state index is -0.693. The molecule has 2 aliphatic rings. The Hall–Kier alpha value is -3.42. The number of amides is 1. The number of hydrogen-bond donors (Lipinski definition) is 1. The number of carbonyl (C=O) groups excluding carboxylic acids is 2. The lowest BCUT2D eigenvalue weighted by molar-refractivity contribution is -0.129. The molecule has 7 nitrogen and oxygen atoms in total. The van der Waals surface area contributed by atoms with Gasteiger partial charge in [-0.15, -0.1) is 0 Å². The van der Waals surface area contributed by atoms with Gasteiger partial charge in [0.1, 0.15) is 5.75 Å². The normalized spacial score (nSPS) is 19.3. The van der Waals surface area contributed by atoms with E-state index in [4.69, 9.17) is 9.47 Å². The van der Waals surface area contributed by atoms with Crippen molar-refractivity contribution < 1.29 is 24.2 Å². The molecule has 2 heterocycles. The molecule has 1 unspecified atom stereocenters. The Morgan fingerprint density at radius 3 is 2.62 bits per heavy atom. The van der Waals surface area contributed by atoms with E-state index in [2.05, 4.69) is 4.90 Å². The number of morpholine rings is 1. The average Bonchev–Trinajstić information content (AvgIpc) is 3.13. The van der Waals surface area contributed by atoms with Crippen molar-refractivity contribution in [2.24, 2.45) is 0 Å².